The molecule has 0 spiro atoms. The number of carbonyl (C=O) groups excluding carboxylic acids is 2. The van der Waals surface area contributed by atoms with Crippen LogP contribution in [-0.2, 0) is 14.1 Å². The molecule has 0 aromatic heterocycles. The van der Waals surface area contributed by atoms with Gasteiger partial charge < -0.3 is 14.6 Å². The van der Waals surface area contributed by atoms with Gasteiger partial charge in [0.1, 0.15) is 12.1 Å². The van der Waals surface area contributed by atoms with E-state index >= 15 is 0 Å². The Hall–Kier alpha value is -1.08. The third kappa shape index (κ3) is 10.8. The molecule has 2 amide bonds. The van der Waals surface area contributed by atoms with Crippen LogP contribution in [0, 0.1) is 0 Å². The lowest BCUT2D eigenvalue weighted by atomic mass is 10.2. The quantitative estimate of drug-likeness (QED) is 0.560. The van der Waals surface area contributed by atoms with Crippen molar-refractivity contribution in [2.75, 3.05) is 6.54 Å². The first-order valence-electron chi connectivity index (χ1n) is 6.99. The van der Waals surface area contributed by atoms with Gasteiger partial charge in [-0.1, -0.05) is 19.8 Å². The van der Waals surface area contributed by atoms with Crippen molar-refractivity contribution in [1.82, 2.24) is 10.8 Å². The van der Waals surface area contributed by atoms with Crippen LogP contribution in [0.25, 0.3) is 0 Å². The minimum Gasteiger partial charge on any atom is -0.444 e. The van der Waals surface area contributed by atoms with Crippen molar-refractivity contribution in [2.45, 2.75) is 65.3 Å². The summed E-state index contributed by atoms with van der Waals surface area (Å²) in [5, 5.41) is 2.38. The second-order valence-corrected chi connectivity index (χ2v) is 10.6. The highest BCUT2D eigenvalue weighted by atomic mass is 28.4. The Labute approximate surface area is 122 Å². The molecule has 0 unspecified atom stereocenters. The predicted octanol–water partition coefficient (Wildman–Crippen LogP) is 2.56. The molecule has 0 saturated carbocycles. The minimum absolute atomic E-state index is 0.160. The maximum atomic E-state index is 11.5. The third-order valence-corrected chi connectivity index (χ3v) is 4.58. The molecule has 7 heteroatoms. The van der Waals surface area contributed by atoms with E-state index in [1.165, 1.54) is 0 Å². The molecule has 6 nitrogen and oxygen atoms in total. The first-order chi connectivity index (χ1) is 9.06. The van der Waals surface area contributed by atoms with Gasteiger partial charge in [0.2, 0.25) is 8.32 Å². The summed E-state index contributed by atoms with van der Waals surface area (Å²) >= 11 is 0. The van der Waals surface area contributed by atoms with Crippen LogP contribution < -0.4 is 10.8 Å². The molecule has 0 atom stereocenters. The zero-order chi connectivity index (χ0) is 15.8. The summed E-state index contributed by atoms with van der Waals surface area (Å²) in [6.07, 6.45) is 1.58. The van der Waals surface area contributed by atoms with Gasteiger partial charge in [-0.3, -0.25) is 4.79 Å². The van der Waals surface area contributed by atoms with Crippen molar-refractivity contribution in [3.63, 3.8) is 0 Å². The number of alkyl carbamates (subject to hydrolysis) is 1. The highest BCUT2D eigenvalue weighted by Gasteiger charge is 2.24. The van der Waals surface area contributed by atoms with Gasteiger partial charge >= 0.3 is 6.09 Å². The normalized spacial score (nSPS) is 11.9. The van der Waals surface area contributed by atoms with Crippen LogP contribution in [0.5, 0.6) is 0 Å². The molecule has 20 heavy (non-hydrogen) atoms. The predicted molar refractivity (Wildman–Crippen MR) is 80.7 cm³/mol. The summed E-state index contributed by atoms with van der Waals surface area (Å²) in [7, 11) is -1.86. The molecule has 0 rings (SSSR count). The Morgan fingerprint density at radius 3 is 2.30 bits per heavy atom. The highest BCUT2D eigenvalue weighted by Crippen LogP contribution is 2.13. The first-order valence-corrected chi connectivity index (χ1v) is 10.1. The molecular weight excluding hydrogens is 276 g/mol. The van der Waals surface area contributed by atoms with Gasteiger partial charge in [-0.2, -0.15) is 0 Å². The molecule has 0 aromatic carbocycles. The number of hydroxylamine groups is 1. The molecule has 0 aliphatic carbocycles. The van der Waals surface area contributed by atoms with E-state index in [0.29, 0.717) is 0 Å². The molecule has 0 aliphatic rings. The van der Waals surface area contributed by atoms with Crippen molar-refractivity contribution >= 4 is 20.3 Å². The van der Waals surface area contributed by atoms with E-state index in [9.17, 15) is 9.59 Å². The zero-order valence-electron chi connectivity index (χ0n) is 13.5. The molecule has 0 aliphatic heterocycles. The Morgan fingerprint density at radius 2 is 1.80 bits per heavy atom. The Morgan fingerprint density at radius 1 is 1.20 bits per heavy atom. The van der Waals surface area contributed by atoms with Crippen LogP contribution in [0.2, 0.25) is 19.1 Å². The van der Waals surface area contributed by atoms with E-state index in [0.717, 1.165) is 18.9 Å². The molecule has 0 fully saturated rings. The van der Waals surface area contributed by atoms with E-state index in [2.05, 4.69) is 17.7 Å². The number of hydrogen-bond donors (Lipinski definition) is 2. The van der Waals surface area contributed by atoms with E-state index in [-0.39, 0.29) is 12.5 Å². The molecule has 0 radical (unpaired) electrons. The Balaban J connectivity index is 3.92. The summed E-state index contributed by atoms with van der Waals surface area (Å²) in [5.41, 5.74) is 1.83. The van der Waals surface area contributed by atoms with Crippen LogP contribution >= 0.6 is 0 Å². The molecule has 0 heterocycles. The number of unbranched alkanes of at least 4 members (excludes halogenated alkanes) is 1. The largest absolute Gasteiger partial charge is 0.444 e. The fraction of sp³-hybridized carbons (Fsp3) is 0.846. The van der Waals surface area contributed by atoms with Crippen LogP contribution in [0.1, 0.15) is 40.5 Å². The SMILES string of the molecule is CCCC[Si](C)(C)ONC(=O)CNC(=O)OC(C)(C)C. The zero-order valence-corrected chi connectivity index (χ0v) is 14.5. The third-order valence-electron chi connectivity index (χ3n) is 2.37. The first kappa shape index (κ1) is 18.9. The molecule has 0 bridgehead atoms. The van der Waals surface area contributed by atoms with Gasteiger partial charge in [0, 0.05) is 0 Å². The van der Waals surface area contributed by atoms with Crippen LogP contribution in [0.4, 0.5) is 4.79 Å². The number of amides is 2. The van der Waals surface area contributed by atoms with Gasteiger partial charge in [-0.25, -0.2) is 10.3 Å². The topological polar surface area (TPSA) is 76.7 Å². The average molecular weight is 304 g/mol. The number of nitrogens with one attached hydrogen (secondary N) is 2. The molecule has 2 N–H and O–H groups in total. The van der Waals surface area contributed by atoms with Gasteiger partial charge in [-0.05, 0) is 39.9 Å². The molecule has 0 saturated heterocycles. The van der Waals surface area contributed by atoms with Crippen LogP contribution in [-0.4, -0.2) is 32.5 Å². The van der Waals surface area contributed by atoms with Crippen molar-refractivity contribution in [3.8, 4) is 0 Å². The van der Waals surface area contributed by atoms with E-state index < -0.39 is 20.0 Å². The summed E-state index contributed by atoms with van der Waals surface area (Å²) in [6, 6.07) is 0.989. The summed E-state index contributed by atoms with van der Waals surface area (Å²) in [6.45, 7) is 11.3. The average Bonchev–Trinajstić information content (AvgIpc) is 2.29. The van der Waals surface area contributed by atoms with Gasteiger partial charge in [-0.15, -0.1) is 0 Å². The summed E-state index contributed by atoms with van der Waals surface area (Å²) in [5.74, 6) is -0.382. The Bertz CT molecular complexity index is 327. The second kappa shape index (κ2) is 8.26. The van der Waals surface area contributed by atoms with Crippen molar-refractivity contribution in [2.24, 2.45) is 0 Å². The summed E-state index contributed by atoms with van der Waals surface area (Å²) < 4.78 is 10.5. The lowest BCUT2D eigenvalue weighted by Crippen LogP contribution is -2.44. The maximum Gasteiger partial charge on any atom is 0.408 e. The van der Waals surface area contributed by atoms with Crippen molar-refractivity contribution in [3.05, 3.63) is 0 Å². The second-order valence-electron chi connectivity index (χ2n) is 6.35. The van der Waals surface area contributed by atoms with Gasteiger partial charge in [0.25, 0.3) is 5.91 Å². The van der Waals surface area contributed by atoms with E-state index in [1.807, 2.05) is 13.1 Å². The van der Waals surface area contributed by atoms with Crippen molar-refractivity contribution < 1.29 is 18.9 Å². The lowest BCUT2D eigenvalue weighted by molar-refractivity contribution is -0.127. The minimum atomic E-state index is -1.86. The van der Waals surface area contributed by atoms with E-state index in [1.54, 1.807) is 20.8 Å². The lowest BCUT2D eigenvalue weighted by Gasteiger charge is -2.22. The van der Waals surface area contributed by atoms with E-state index in [4.69, 9.17) is 9.26 Å². The van der Waals surface area contributed by atoms with Crippen LogP contribution in [0.3, 0.4) is 0 Å². The number of hydrogen-bond acceptors (Lipinski definition) is 4. The highest BCUT2D eigenvalue weighted by molar-refractivity contribution is 6.71. The monoisotopic (exact) mass is 304 g/mol. The van der Waals surface area contributed by atoms with Crippen molar-refractivity contribution in [1.29, 1.82) is 0 Å². The summed E-state index contributed by atoms with van der Waals surface area (Å²) in [4.78, 5) is 22.9. The van der Waals surface area contributed by atoms with Gasteiger partial charge in [0.15, 0.2) is 0 Å². The fourth-order valence-electron chi connectivity index (χ4n) is 1.35. The maximum absolute atomic E-state index is 11.5. The van der Waals surface area contributed by atoms with Crippen LogP contribution in [0.15, 0.2) is 0 Å². The van der Waals surface area contributed by atoms with Gasteiger partial charge in [0.05, 0.1) is 0 Å². The number of rotatable bonds is 7. The number of ether oxygens (including phenoxy) is 1. The standard InChI is InChI=1S/C13H28N2O4Si/c1-7-8-9-20(5,6)19-15-11(16)10-14-12(17)18-13(2,3)4/h7-10H2,1-6H3,(H,14,17)(H,15,16). The Kier molecular flexibility index (Phi) is 7.81. The smallest absolute Gasteiger partial charge is 0.408 e. The molecule has 0 aromatic rings. The molecule has 118 valence electrons. The molecular formula is C13H28N2O4Si. The number of carbonyl (C=O) groups is 2. The fourth-order valence-corrected chi connectivity index (χ4v) is 3.05.